The Hall–Kier alpha value is 0.0400. The van der Waals surface area contributed by atoms with Crippen LogP contribution in [0.4, 0.5) is 0 Å². The standard InChI is InChI=1S/C13H23BrN2S/c1-16-11-10-15-13(16)17-12-8-6-4-2-3-5-7-9-14/h10-11H,2-9,12H2,1H3. The Morgan fingerprint density at radius 1 is 1.12 bits per heavy atom. The average molecular weight is 319 g/mol. The molecule has 0 aliphatic rings. The van der Waals surface area contributed by atoms with E-state index in [0.717, 1.165) is 10.5 Å². The number of rotatable bonds is 10. The number of alkyl halides is 1. The van der Waals surface area contributed by atoms with Gasteiger partial charge in [-0.2, -0.15) is 0 Å². The molecule has 4 heteroatoms. The minimum absolute atomic E-state index is 1.14. The average Bonchev–Trinajstić information content (AvgIpc) is 2.73. The fourth-order valence-corrected chi connectivity index (χ4v) is 3.06. The van der Waals surface area contributed by atoms with Crippen molar-refractivity contribution < 1.29 is 0 Å². The molecule has 2 nitrogen and oxygen atoms in total. The second-order valence-electron chi connectivity index (χ2n) is 4.33. The molecule has 17 heavy (non-hydrogen) atoms. The van der Waals surface area contributed by atoms with Gasteiger partial charge < -0.3 is 4.57 Å². The van der Waals surface area contributed by atoms with Gasteiger partial charge in [0, 0.05) is 30.5 Å². The number of thioether (sulfide) groups is 1. The quantitative estimate of drug-likeness (QED) is 0.355. The molecule has 0 amide bonds. The van der Waals surface area contributed by atoms with Gasteiger partial charge in [0.15, 0.2) is 5.16 Å². The molecular formula is C13H23BrN2S. The van der Waals surface area contributed by atoms with E-state index in [0.29, 0.717) is 0 Å². The topological polar surface area (TPSA) is 17.8 Å². The zero-order chi connectivity index (χ0) is 12.3. The number of hydrogen-bond acceptors (Lipinski definition) is 2. The summed E-state index contributed by atoms with van der Waals surface area (Å²) in [4.78, 5) is 4.30. The van der Waals surface area contributed by atoms with Crippen LogP contribution in [0.3, 0.4) is 0 Å². The summed E-state index contributed by atoms with van der Waals surface area (Å²) in [5.74, 6) is 1.20. The normalized spacial score (nSPS) is 10.9. The molecule has 0 aliphatic heterocycles. The van der Waals surface area contributed by atoms with Crippen LogP contribution in [0.2, 0.25) is 0 Å². The van der Waals surface area contributed by atoms with Crippen LogP contribution in [0, 0.1) is 0 Å². The summed E-state index contributed by atoms with van der Waals surface area (Å²) in [7, 11) is 2.05. The van der Waals surface area contributed by atoms with Crippen molar-refractivity contribution in [1.29, 1.82) is 0 Å². The van der Waals surface area contributed by atoms with Crippen LogP contribution in [0.25, 0.3) is 0 Å². The van der Waals surface area contributed by atoms with E-state index >= 15 is 0 Å². The van der Waals surface area contributed by atoms with Gasteiger partial charge >= 0.3 is 0 Å². The highest BCUT2D eigenvalue weighted by Gasteiger charge is 1.99. The predicted octanol–water partition coefficient (Wildman–Crippen LogP) is 4.64. The maximum atomic E-state index is 4.30. The first kappa shape index (κ1) is 15.1. The van der Waals surface area contributed by atoms with Crippen LogP contribution >= 0.6 is 27.7 Å². The molecule has 0 aliphatic carbocycles. The molecule has 0 atom stereocenters. The lowest BCUT2D eigenvalue weighted by Gasteiger charge is -2.02. The van der Waals surface area contributed by atoms with Crippen LogP contribution in [-0.2, 0) is 7.05 Å². The van der Waals surface area contributed by atoms with E-state index in [-0.39, 0.29) is 0 Å². The summed E-state index contributed by atoms with van der Waals surface area (Å²) in [6, 6.07) is 0. The number of hydrogen-bond donors (Lipinski definition) is 0. The molecular weight excluding hydrogens is 296 g/mol. The van der Waals surface area contributed by atoms with Crippen molar-refractivity contribution in [3.63, 3.8) is 0 Å². The van der Waals surface area contributed by atoms with E-state index in [1.54, 1.807) is 0 Å². The third kappa shape index (κ3) is 7.14. The fraction of sp³-hybridized carbons (Fsp3) is 0.769. The van der Waals surface area contributed by atoms with Crippen LogP contribution in [0.5, 0.6) is 0 Å². The summed E-state index contributed by atoms with van der Waals surface area (Å²) in [6.07, 6.45) is 13.5. The third-order valence-corrected chi connectivity index (χ3v) is 4.49. The molecule has 0 bridgehead atoms. The van der Waals surface area contributed by atoms with Gasteiger partial charge in [-0.05, 0) is 12.8 Å². The first-order valence-corrected chi connectivity index (χ1v) is 8.61. The van der Waals surface area contributed by atoms with E-state index < -0.39 is 0 Å². The smallest absolute Gasteiger partial charge is 0.167 e. The second-order valence-corrected chi connectivity index (χ2v) is 6.19. The number of unbranched alkanes of at least 4 members (excludes halogenated alkanes) is 6. The number of nitrogens with zero attached hydrogens (tertiary/aromatic N) is 2. The molecule has 0 aromatic carbocycles. The van der Waals surface area contributed by atoms with Gasteiger partial charge in [0.05, 0.1) is 0 Å². The summed E-state index contributed by atoms with van der Waals surface area (Å²) < 4.78 is 2.09. The first-order valence-electron chi connectivity index (χ1n) is 6.50. The molecule has 0 spiro atoms. The Kier molecular flexibility index (Phi) is 8.89. The van der Waals surface area contributed by atoms with Crippen molar-refractivity contribution in [2.75, 3.05) is 11.1 Å². The summed E-state index contributed by atoms with van der Waals surface area (Å²) in [5.41, 5.74) is 0. The van der Waals surface area contributed by atoms with Crippen molar-refractivity contribution in [3.8, 4) is 0 Å². The van der Waals surface area contributed by atoms with Crippen LogP contribution in [0.1, 0.15) is 44.9 Å². The van der Waals surface area contributed by atoms with E-state index in [4.69, 9.17) is 0 Å². The second kappa shape index (κ2) is 10.0. The number of imidazole rings is 1. The fourth-order valence-electron chi connectivity index (χ4n) is 1.73. The molecule has 0 saturated heterocycles. The van der Waals surface area contributed by atoms with Crippen LogP contribution in [-0.4, -0.2) is 20.6 Å². The number of halogens is 1. The molecule has 0 saturated carbocycles. The lowest BCUT2D eigenvalue weighted by atomic mass is 10.1. The zero-order valence-corrected chi connectivity index (χ0v) is 13.1. The van der Waals surface area contributed by atoms with E-state index in [1.165, 1.54) is 50.7 Å². The van der Waals surface area contributed by atoms with Gasteiger partial charge in [-0.1, -0.05) is 59.8 Å². The lowest BCUT2D eigenvalue weighted by Crippen LogP contribution is -1.90. The summed E-state index contributed by atoms with van der Waals surface area (Å²) >= 11 is 5.34. The SMILES string of the molecule is Cn1ccnc1SCCCCCCCCCBr. The van der Waals surface area contributed by atoms with Gasteiger partial charge in [-0.3, -0.25) is 0 Å². The van der Waals surface area contributed by atoms with Gasteiger partial charge in [-0.25, -0.2) is 4.98 Å². The highest BCUT2D eigenvalue weighted by Crippen LogP contribution is 2.17. The molecule has 1 rings (SSSR count). The van der Waals surface area contributed by atoms with Gasteiger partial charge in [0.1, 0.15) is 0 Å². The largest absolute Gasteiger partial charge is 0.329 e. The van der Waals surface area contributed by atoms with E-state index in [9.17, 15) is 0 Å². The maximum Gasteiger partial charge on any atom is 0.167 e. The molecule has 98 valence electrons. The molecule has 1 aromatic heterocycles. The summed E-state index contributed by atoms with van der Waals surface area (Å²) in [5, 5.41) is 2.30. The monoisotopic (exact) mass is 318 g/mol. The Bertz CT molecular complexity index is 289. The van der Waals surface area contributed by atoms with Crippen molar-refractivity contribution in [1.82, 2.24) is 9.55 Å². The molecule has 1 heterocycles. The third-order valence-electron chi connectivity index (χ3n) is 2.79. The number of aryl methyl sites for hydroxylation is 1. The Labute approximate surface area is 118 Å². The number of aromatic nitrogens is 2. The van der Waals surface area contributed by atoms with Crippen LogP contribution < -0.4 is 0 Å². The van der Waals surface area contributed by atoms with E-state index in [2.05, 4.69) is 32.5 Å². The van der Waals surface area contributed by atoms with Gasteiger partial charge in [0.25, 0.3) is 0 Å². The van der Waals surface area contributed by atoms with Gasteiger partial charge in [0.2, 0.25) is 0 Å². The van der Waals surface area contributed by atoms with Gasteiger partial charge in [-0.15, -0.1) is 0 Å². The Morgan fingerprint density at radius 3 is 2.35 bits per heavy atom. The van der Waals surface area contributed by atoms with Crippen molar-refractivity contribution in [3.05, 3.63) is 12.4 Å². The maximum absolute atomic E-state index is 4.30. The Balaban J connectivity index is 1.86. The first-order chi connectivity index (χ1) is 8.34. The minimum Gasteiger partial charge on any atom is -0.329 e. The van der Waals surface area contributed by atoms with Crippen LogP contribution in [0.15, 0.2) is 17.6 Å². The molecule has 0 radical (unpaired) electrons. The molecule has 1 aromatic rings. The summed E-state index contributed by atoms with van der Waals surface area (Å²) in [6.45, 7) is 0. The molecule has 0 N–H and O–H groups in total. The van der Waals surface area contributed by atoms with Crippen molar-refractivity contribution >= 4 is 27.7 Å². The van der Waals surface area contributed by atoms with E-state index in [1.807, 2.05) is 24.2 Å². The molecule has 0 unspecified atom stereocenters. The lowest BCUT2D eigenvalue weighted by molar-refractivity contribution is 0.605. The minimum atomic E-state index is 1.14. The predicted molar refractivity (Wildman–Crippen MR) is 80.0 cm³/mol. The Morgan fingerprint density at radius 2 is 1.76 bits per heavy atom. The van der Waals surface area contributed by atoms with Crippen molar-refractivity contribution in [2.45, 2.75) is 50.1 Å². The van der Waals surface area contributed by atoms with Crippen molar-refractivity contribution in [2.24, 2.45) is 7.05 Å². The highest BCUT2D eigenvalue weighted by molar-refractivity contribution is 9.09. The highest BCUT2D eigenvalue weighted by atomic mass is 79.9. The zero-order valence-electron chi connectivity index (χ0n) is 10.7. The molecule has 0 fully saturated rings.